The highest BCUT2D eigenvalue weighted by Crippen LogP contribution is 2.48. The Bertz CT molecular complexity index is 385. The molecule has 0 N–H and O–H groups in total. The summed E-state index contributed by atoms with van der Waals surface area (Å²) in [5, 5.41) is 0. The van der Waals surface area contributed by atoms with Crippen molar-refractivity contribution in [1.29, 1.82) is 0 Å². The summed E-state index contributed by atoms with van der Waals surface area (Å²) in [5.74, 6) is 1.22. The molecule has 1 saturated carbocycles. The summed E-state index contributed by atoms with van der Waals surface area (Å²) in [6.45, 7) is 19.7. The molecule has 0 spiro atoms. The summed E-state index contributed by atoms with van der Waals surface area (Å²) in [4.78, 5) is 13.1. The van der Waals surface area contributed by atoms with Gasteiger partial charge in [-0.1, -0.05) is 61.8 Å². The number of carbonyl (C=O) groups is 1. The van der Waals surface area contributed by atoms with Crippen molar-refractivity contribution in [2.75, 3.05) is 0 Å². The molecule has 1 rings (SSSR count). The largest absolute Gasteiger partial charge is 0.462 e. The van der Waals surface area contributed by atoms with E-state index in [4.69, 9.17) is 4.74 Å². The molecule has 2 nitrogen and oxygen atoms in total. The highest BCUT2D eigenvalue weighted by molar-refractivity contribution is 5.77. The van der Waals surface area contributed by atoms with Crippen LogP contribution in [-0.4, -0.2) is 12.1 Å². The normalized spacial score (nSPS) is 29.2. The van der Waals surface area contributed by atoms with Crippen molar-refractivity contribution in [3.8, 4) is 0 Å². The van der Waals surface area contributed by atoms with E-state index in [0.29, 0.717) is 5.92 Å². The lowest BCUT2D eigenvalue weighted by atomic mass is 9.61. The van der Waals surface area contributed by atoms with Crippen LogP contribution in [0.1, 0.15) is 88.0 Å². The van der Waals surface area contributed by atoms with Crippen LogP contribution < -0.4 is 0 Å². The standard InChI is InChI=1S/C20H38O2/c1-10-15-11-14(2)16(12-15)22-17(21)20(9,19(6,7)8)13-18(3,4)5/h14-16H,10-13H2,1-9H3. The Hall–Kier alpha value is -0.530. The molecule has 0 radical (unpaired) electrons. The van der Waals surface area contributed by atoms with Gasteiger partial charge >= 0.3 is 5.97 Å². The van der Waals surface area contributed by atoms with Crippen molar-refractivity contribution in [3.63, 3.8) is 0 Å². The molecular weight excluding hydrogens is 272 g/mol. The Morgan fingerprint density at radius 1 is 1.05 bits per heavy atom. The van der Waals surface area contributed by atoms with Gasteiger partial charge in [0.15, 0.2) is 0 Å². The van der Waals surface area contributed by atoms with E-state index in [1.807, 2.05) is 0 Å². The fourth-order valence-electron chi connectivity index (χ4n) is 3.80. The van der Waals surface area contributed by atoms with E-state index in [1.54, 1.807) is 0 Å². The van der Waals surface area contributed by atoms with Crippen molar-refractivity contribution >= 4 is 5.97 Å². The summed E-state index contributed by atoms with van der Waals surface area (Å²) < 4.78 is 6.05. The van der Waals surface area contributed by atoms with Gasteiger partial charge in [0.25, 0.3) is 0 Å². The molecule has 1 aliphatic carbocycles. The zero-order valence-corrected chi connectivity index (χ0v) is 16.4. The summed E-state index contributed by atoms with van der Waals surface area (Å²) in [6.07, 6.45) is 4.38. The van der Waals surface area contributed by atoms with Crippen LogP contribution in [0, 0.1) is 28.1 Å². The first-order chi connectivity index (χ1) is 9.80. The highest BCUT2D eigenvalue weighted by atomic mass is 16.5. The second kappa shape index (κ2) is 6.53. The molecule has 0 amide bonds. The van der Waals surface area contributed by atoms with E-state index >= 15 is 0 Å². The van der Waals surface area contributed by atoms with Gasteiger partial charge < -0.3 is 4.74 Å². The number of rotatable bonds is 4. The predicted octanol–water partition coefficient (Wildman–Crippen LogP) is 5.84. The monoisotopic (exact) mass is 310 g/mol. The minimum Gasteiger partial charge on any atom is -0.462 e. The molecule has 0 aromatic heterocycles. The van der Waals surface area contributed by atoms with Gasteiger partial charge in [-0.05, 0) is 48.9 Å². The Morgan fingerprint density at radius 2 is 1.59 bits per heavy atom. The number of hydrogen-bond donors (Lipinski definition) is 0. The second-order valence-electron chi connectivity index (χ2n) is 9.99. The molecule has 4 unspecified atom stereocenters. The van der Waals surface area contributed by atoms with Gasteiger partial charge in [0, 0.05) is 0 Å². The SMILES string of the molecule is CCC1CC(C)C(OC(=O)C(C)(CC(C)(C)C)C(C)(C)C)C1. The number of hydrogen-bond acceptors (Lipinski definition) is 2. The van der Waals surface area contributed by atoms with Crippen LogP contribution in [0.25, 0.3) is 0 Å². The molecule has 130 valence electrons. The molecule has 0 saturated heterocycles. The zero-order chi connectivity index (χ0) is 17.3. The van der Waals surface area contributed by atoms with Gasteiger partial charge in [-0.3, -0.25) is 4.79 Å². The summed E-state index contributed by atoms with van der Waals surface area (Å²) in [5.41, 5.74) is -0.451. The van der Waals surface area contributed by atoms with E-state index in [-0.39, 0.29) is 22.9 Å². The van der Waals surface area contributed by atoms with Crippen LogP contribution in [-0.2, 0) is 9.53 Å². The lowest BCUT2D eigenvalue weighted by molar-refractivity contribution is -0.172. The minimum atomic E-state index is -0.449. The fourth-order valence-corrected chi connectivity index (χ4v) is 3.80. The van der Waals surface area contributed by atoms with Crippen LogP contribution in [0.15, 0.2) is 0 Å². The summed E-state index contributed by atoms with van der Waals surface area (Å²) in [7, 11) is 0. The van der Waals surface area contributed by atoms with E-state index < -0.39 is 5.41 Å². The zero-order valence-electron chi connectivity index (χ0n) is 16.4. The van der Waals surface area contributed by atoms with Gasteiger partial charge in [0.05, 0.1) is 5.41 Å². The number of carbonyl (C=O) groups excluding carboxylic acids is 1. The molecule has 0 aromatic carbocycles. The third-order valence-corrected chi connectivity index (χ3v) is 5.73. The molecule has 0 bridgehead atoms. The third-order valence-electron chi connectivity index (χ3n) is 5.73. The van der Waals surface area contributed by atoms with Crippen LogP contribution >= 0.6 is 0 Å². The maximum absolute atomic E-state index is 13.1. The first-order valence-electron chi connectivity index (χ1n) is 9.01. The quantitative estimate of drug-likeness (QED) is 0.609. The first-order valence-corrected chi connectivity index (χ1v) is 9.01. The maximum atomic E-state index is 13.1. The van der Waals surface area contributed by atoms with Crippen molar-refractivity contribution in [2.45, 2.75) is 94.1 Å². The molecule has 1 aliphatic rings. The van der Waals surface area contributed by atoms with Crippen molar-refractivity contribution in [3.05, 3.63) is 0 Å². The molecule has 1 fully saturated rings. The van der Waals surface area contributed by atoms with Crippen molar-refractivity contribution < 1.29 is 9.53 Å². The van der Waals surface area contributed by atoms with Gasteiger partial charge in [-0.25, -0.2) is 0 Å². The molecule has 2 heteroatoms. The number of esters is 1. The van der Waals surface area contributed by atoms with E-state index in [9.17, 15) is 4.79 Å². The lowest BCUT2D eigenvalue weighted by Gasteiger charge is -2.44. The maximum Gasteiger partial charge on any atom is 0.312 e. The molecular formula is C20H38O2. The van der Waals surface area contributed by atoms with Crippen LogP contribution in [0.2, 0.25) is 0 Å². The molecule has 0 aliphatic heterocycles. The van der Waals surface area contributed by atoms with Gasteiger partial charge in [0.2, 0.25) is 0 Å². The Kier molecular flexibility index (Phi) is 5.79. The Balaban J connectivity index is 2.90. The molecule has 4 atom stereocenters. The smallest absolute Gasteiger partial charge is 0.312 e. The van der Waals surface area contributed by atoms with Crippen LogP contribution in [0.5, 0.6) is 0 Å². The highest BCUT2D eigenvalue weighted by Gasteiger charge is 2.49. The predicted molar refractivity (Wildman–Crippen MR) is 93.7 cm³/mol. The van der Waals surface area contributed by atoms with Crippen LogP contribution in [0.4, 0.5) is 0 Å². The molecule has 22 heavy (non-hydrogen) atoms. The topological polar surface area (TPSA) is 26.3 Å². The second-order valence-corrected chi connectivity index (χ2v) is 9.99. The Morgan fingerprint density at radius 3 is 1.95 bits per heavy atom. The summed E-state index contributed by atoms with van der Waals surface area (Å²) >= 11 is 0. The molecule has 0 aromatic rings. The number of ether oxygens (including phenoxy) is 1. The lowest BCUT2D eigenvalue weighted by Crippen LogP contribution is -2.45. The van der Waals surface area contributed by atoms with E-state index in [2.05, 4.69) is 62.3 Å². The summed E-state index contributed by atoms with van der Waals surface area (Å²) in [6, 6.07) is 0. The Labute approximate surface area is 138 Å². The average Bonchev–Trinajstić information content (AvgIpc) is 2.66. The third kappa shape index (κ3) is 4.49. The van der Waals surface area contributed by atoms with Crippen LogP contribution in [0.3, 0.4) is 0 Å². The van der Waals surface area contributed by atoms with Gasteiger partial charge in [0.1, 0.15) is 6.10 Å². The first kappa shape index (κ1) is 19.5. The minimum absolute atomic E-state index is 0.00327. The molecule has 0 heterocycles. The van der Waals surface area contributed by atoms with E-state index in [1.165, 1.54) is 12.8 Å². The van der Waals surface area contributed by atoms with Gasteiger partial charge in [-0.15, -0.1) is 0 Å². The van der Waals surface area contributed by atoms with Crippen molar-refractivity contribution in [1.82, 2.24) is 0 Å². The van der Waals surface area contributed by atoms with Gasteiger partial charge in [-0.2, -0.15) is 0 Å². The fraction of sp³-hybridized carbons (Fsp3) is 0.950. The van der Waals surface area contributed by atoms with Crippen molar-refractivity contribution in [2.24, 2.45) is 28.1 Å². The van der Waals surface area contributed by atoms with E-state index in [0.717, 1.165) is 18.8 Å². The average molecular weight is 311 g/mol.